The van der Waals surface area contributed by atoms with Crippen molar-refractivity contribution in [2.24, 2.45) is 0 Å². The lowest BCUT2D eigenvalue weighted by Crippen LogP contribution is -2.24. The Labute approximate surface area is 110 Å². The van der Waals surface area contributed by atoms with E-state index in [1.54, 1.807) is 0 Å². The second-order valence-electron chi connectivity index (χ2n) is 4.38. The van der Waals surface area contributed by atoms with Gasteiger partial charge in [-0.3, -0.25) is 4.90 Å². The lowest BCUT2D eigenvalue weighted by molar-refractivity contribution is 0.263. The Bertz CT molecular complexity index is 328. The van der Waals surface area contributed by atoms with Gasteiger partial charge in [-0.2, -0.15) is 11.8 Å². The van der Waals surface area contributed by atoms with Crippen LogP contribution in [-0.4, -0.2) is 30.0 Å². The summed E-state index contributed by atoms with van der Waals surface area (Å²) in [5, 5.41) is 0. The highest BCUT2D eigenvalue weighted by Crippen LogP contribution is 2.20. The van der Waals surface area contributed by atoms with Gasteiger partial charge in [0.2, 0.25) is 0 Å². The Hall–Kier alpha value is -0.670. The Kier molecular flexibility index (Phi) is 6.45. The van der Waals surface area contributed by atoms with Gasteiger partial charge in [0.1, 0.15) is 0 Å². The number of nitrogens with two attached hydrogens (primary N) is 1. The van der Waals surface area contributed by atoms with Crippen LogP contribution < -0.4 is 5.73 Å². The van der Waals surface area contributed by atoms with E-state index in [1.165, 1.54) is 23.5 Å². The minimum atomic E-state index is 0.435. The number of anilines is 1. The minimum Gasteiger partial charge on any atom is -0.399 e. The lowest BCUT2D eigenvalue weighted by atomic mass is 10.1. The molecule has 0 spiro atoms. The van der Waals surface area contributed by atoms with Crippen LogP contribution in [0, 0.1) is 0 Å². The van der Waals surface area contributed by atoms with E-state index >= 15 is 0 Å². The molecular weight excluding hydrogens is 228 g/mol. The normalized spacial score (nSPS) is 12.9. The quantitative estimate of drug-likeness (QED) is 0.595. The summed E-state index contributed by atoms with van der Waals surface area (Å²) >= 11 is 2.01. The zero-order chi connectivity index (χ0) is 12.7. The Balaban J connectivity index is 2.43. The molecule has 17 heavy (non-hydrogen) atoms. The van der Waals surface area contributed by atoms with Crippen LogP contribution in [0.5, 0.6) is 0 Å². The second-order valence-corrected chi connectivity index (χ2v) is 5.77. The van der Waals surface area contributed by atoms with Crippen molar-refractivity contribution in [3.8, 4) is 0 Å². The van der Waals surface area contributed by atoms with Crippen LogP contribution in [-0.2, 0) is 0 Å². The van der Waals surface area contributed by atoms with Crippen molar-refractivity contribution < 1.29 is 0 Å². The molecule has 0 amide bonds. The molecule has 0 aliphatic carbocycles. The molecule has 0 aliphatic heterocycles. The highest BCUT2D eigenvalue weighted by atomic mass is 32.2. The van der Waals surface area contributed by atoms with E-state index in [1.807, 2.05) is 23.9 Å². The van der Waals surface area contributed by atoms with Crippen molar-refractivity contribution in [2.45, 2.75) is 26.3 Å². The largest absolute Gasteiger partial charge is 0.399 e. The molecule has 1 unspecified atom stereocenters. The van der Waals surface area contributed by atoms with E-state index in [9.17, 15) is 0 Å². The number of hydrogen-bond acceptors (Lipinski definition) is 3. The maximum Gasteiger partial charge on any atom is 0.0317 e. The summed E-state index contributed by atoms with van der Waals surface area (Å²) in [5.41, 5.74) is 7.97. The summed E-state index contributed by atoms with van der Waals surface area (Å²) < 4.78 is 0. The van der Waals surface area contributed by atoms with E-state index in [4.69, 9.17) is 5.73 Å². The van der Waals surface area contributed by atoms with Crippen LogP contribution in [0.3, 0.4) is 0 Å². The zero-order valence-electron chi connectivity index (χ0n) is 11.1. The maximum absolute atomic E-state index is 5.81. The fraction of sp³-hybridized carbons (Fsp3) is 0.571. The number of nitrogens with zero attached hydrogens (tertiary/aromatic N) is 1. The predicted octanol–water partition coefficient (Wildman–Crippen LogP) is 3.40. The number of thioether (sulfide) groups is 1. The second kappa shape index (κ2) is 7.62. The molecule has 0 aliphatic rings. The molecule has 0 aromatic heterocycles. The van der Waals surface area contributed by atoms with Crippen LogP contribution >= 0.6 is 11.8 Å². The van der Waals surface area contributed by atoms with Gasteiger partial charge < -0.3 is 5.73 Å². The van der Waals surface area contributed by atoms with E-state index in [0.29, 0.717) is 6.04 Å². The fourth-order valence-corrected chi connectivity index (χ4v) is 2.45. The lowest BCUT2D eigenvalue weighted by Gasteiger charge is -2.25. The van der Waals surface area contributed by atoms with E-state index in [0.717, 1.165) is 12.2 Å². The van der Waals surface area contributed by atoms with Crippen molar-refractivity contribution >= 4 is 17.4 Å². The first-order valence-electron chi connectivity index (χ1n) is 6.28. The van der Waals surface area contributed by atoms with E-state index < -0.39 is 0 Å². The molecule has 96 valence electrons. The predicted molar refractivity (Wildman–Crippen MR) is 79.5 cm³/mol. The molecule has 0 saturated heterocycles. The molecule has 3 heteroatoms. The van der Waals surface area contributed by atoms with Crippen LogP contribution in [0.2, 0.25) is 0 Å². The summed E-state index contributed by atoms with van der Waals surface area (Å²) in [6, 6.07) is 8.63. The third kappa shape index (κ3) is 5.00. The summed E-state index contributed by atoms with van der Waals surface area (Å²) in [4.78, 5) is 2.39. The molecule has 0 fully saturated rings. The van der Waals surface area contributed by atoms with Gasteiger partial charge in [-0.15, -0.1) is 0 Å². The molecular formula is C14H24N2S. The number of hydrogen-bond donors (Lipinski definition) is 1. The van der Waals surface area contributed by atoms with Gasteiger partial charge in [0, 0.05) is 11.7 Å². The van der Waals surface area contributed by atoms with Crippen molar-refractivity contribution in [3.63, 3.8) is 0 Å². The maximum atomic E-state index is 5.81. The summed E-state index contributed by atoms with van der Waals surface area (Å²) in [6.07, 6.45) is 1.25. The van der Waals surface area contributed by atoms with Crippen LogP contribution in [0.15, 0.2) is 24.3 Å². The Morgan fingerprint density at radius 2 is 2.18 bits per heavy atom. The highest BCUT2D eigenvalue weighted by Gasteiger charge is 2.10. The van der Waals surface area contributed by atoms with Gasteiger partial charge in [0.25, 0.3) is 0 Å². The molecule has 0 radical (unpaired) electrons. The molecule has 0 bridgehead atoms. The van der Waals surface area contributed by atoms with E-state index in [2.05, 4.69) is 37.9 Å². The van der Waals surface area contributed by atoms with Gasteiger partial charge in [0.15, 0.2) is 0 Å². The Morgan fingerprint density at radius 1 is 1.41 bits per heavy atom. The first-order valence-corrected chi connectivity index (χ1v) is 7.44. The average molecular weight is 252 g/mol. The van der Waals surface area contributed by atoms with Gasteiger partial charge >= 0.3 is 0 Å². The molecule has 1 atom stereocenters. The molecule has 1 aromatic rings. The average Bonchev–Trinajstić information content (AvgIpc) is 2.33. The standard InChI is InChI=1S/C14H24N2S/c1-4-17-10-6-9-16(3)12(2)13-7-5-8-14(15)11-13/h5,7-8,11-12H,4,6,9-10,15H2,1-3H3. The van der Waals surface area contributed by atoms with Crippen molar-refractivity contribution in [1.82, 2.24) is 4.90 Å². The summed E-state index contributed by atoms with van der Waals surface area (Å²) in [5.74, 6) is 2.47. The number of nitrogen functional groups attached to an aromatic ring is 1. The molecule has 2 N–H and O–H groups in total. The topological polar surface area (TPSA) is 29.3 Å². The number of rotatable bonds is 7. The van der Waals surface area contributed by atoms with Gasteiger partial charge in [-0.25, -0.2) is 0 Å². The molecule has 2 nitrogen and oxygen atoms in total. The van der Waals surface area contributed by atoms with Crippen LogP contribution in [0.25, 0.3) is 0 Å². The summed E-state index contributed by atoms with van der Waals surface area (Å²) in [7, 11) is 2.18. The first kappa shape index (κ1) is 14.4. The fourth-order valence-electron chi connectivity index (χ4n) is 1.83. The zero-order valence-corrected chi connectivity index (χ0v) is 12.0. The van der Waals surface area contributed by atoms with Gasteiger partial charge in [0.05, 0.1) is 0 Å². The SMILES string of the molecule is CCSCCCN(C)C(C)c1cccc(N)c1. The van der Waals surface area contributed by atoms with Crippen LogP contribution in [0.4, 0.5) is 5.69 Å². The minimum absolute atomic E-state index is 0.435. The molecule has 1 aromatic carbocycles. The van der Waals surface area contributed by atoms with Crippen molar-refractivity contribution in [3.05, 3.63) is 29.8 Å². The van der Waals surface area contributed by atoms with Gasteiger partial charge in [-0.05, 0) is 56.1 Å². The third-order valence-corrected chi connectivity index (χ3v) is 4.04. The highest BCUT2D eigenvalue weighted by molar-refractivity contribution is 7.99. The Morgan fingerprint density at radius 3 is 2.82 bits per heavy atom. The van der Waals surface area contributed by atoms with Crippen molar-refractivity contribution in [2.75, 3.05) is 30.8 Å². The molecule has 0 saturated carbocycles. The van der Waals surface area contributed by atoms with Crippen molar-refractivity contribution in [1.29, 1.82) is 0 Å². The first-order chi connectivity index (χ1) is 8.15. The van der Waals surface area contributed by atoms with Gasteiger partial charge in [-0.1, -0.05) is 19.1 Å². The molecule has 0 heterocycles. The number of benzene rings is 1. The summed E-state index contributed by atoms with van der Waals surface area (Å²) in [6.45, 7) is 5.59. The van der Waals surface area contributed by atoms with Crippen LogP contribution in [0.1, 0.15) is 31.9 Å². The van der Waals surface area contributed by atoms with E-state index in [-0.39, 0.29) is 0 Å². The third-order valence-electron chi connectivity index (χ3n) is 3.06. The monoisotopic (exact) mass is 252 g/mol. The molecule has 1 rings (SSSR count). The smallest absolute Gasteiger partial charge is 0.0317 e.